The highest BCUT2D eigenvalue weighted by molar-refractivity contribution is 6.52. The number of carbonyl (C=O) groups excluding carboxylic acids is 2. The zero-order valence-corrected chi connectivity index (χ0v) is 15.7. The van der Waals surface area contributed by atoms with E-state index in [2.05, 4.69) is 4.98 Å². The van der Waals surface area contributed by atoms with E-state index < -0.39 is 16.7 Å². The number of pyridine rings is 1. The first-order valence-electron chi connectivity index (χ1n) is 8.57. The summed E-state index contributed by atoms with van der Waals surface area (Å²) >= 11 is 0. The van der Waals surface area contributed by atoms with Crippen LogP contribution in [0.2, 0.25) is 0 Å². The number of nitrogens with zero attached hydrogens (tertiary/aromatic N) is 3. The average molecular weight is 390 g/mol. The molecular weight excluding hydrogens is 374 g/mol. The highest BCUT2D eigenvalue weighted by atomic mass is 16.6. The maximum Gasteiger partial charge on any atom is 0.293 e. The SMILES string of the molecule is CN(C)c1ccc(/C=C(\C(=O)C(=O)[O-])c2ccc3ccccc3n2)cc1[N+](=O)[O-]. The number of para-hydroxylation sites is 1. The molecule has 0 spiro atoms. The number of hydrogen-bond acceptors (Lipinski definition) is 7. The number of nitro benzene ring substituents is 1. The number of carboxylic acid groups (broad SMARTS) is 1. The molecule has 0 atom stereocenters. The third-order valence-electron chi connectivity index (χ3n) is 4.29. The molecule has 0 fully saturated rings. The zero-order chi connectivity index (χ0) is 21.1. The van der Waals surface area contributed by atoms with Gasteiger partial charge in [0.15, 0.2) is 0 Å². The molecule has 0 amide bonds. The van der Waals surface area contributed by atoms with Gasteiger partial charge in [-0.05, 0) is 29.8 Å². The first-order chi connectivity index (χ1) is 13.8. The van der Waals surface area contributed by atoms with Crippen LogP contribution in [0.3, 0.4) is 0 Å². The molecule has 3 rings (SSSR count). The van der Waals surface area contributed by atoms with Crippen molar-refractivity contribution in [3.05, 3.63) is 76.0 Å². The minimum absolute atomic E-state index is 0.136. The van der Waals surface area contributed by atoms with Gasteiger partial charge in [0.25, 0.3) is 5.69 Å². The van der Waals surface area contributed by atoms with E-state index in [9.17, 15) is 24.8 Å². The van der Waals surface area contributed by atoms with Crippen LogP contribution in [0.25, 0.3) is 22.6 Å². The molecule has 146 valence electrons. The predicted octanol–water partition coefficient (Wildman–Crippen LogP) is 2.07. The van der Waals surface area contributed by atoms with E-state index >= 15 is 0 Å². The Bertz CT molecular complexity index is 1170. The second kappa shape index (κ2) is 7.89. The van der Waals surface area contributed by atoms with Gasteiger partial charge >= 0.3 is 0 Å². The van der Waals surface area contributed by atoms with Crippen LogP contribution in [0.4, 0.5) is 11.4 Å². The van der Waals surface area contributed by atoms with Gasteiger partial charge in [-0.15, -0.1) is 0 Å². The van der Waals surface area contributed by atoms with E-state index in [4.69, 9.17) is 0 Å². The Hall–Kier alpha value is -4.07. The normalized spacial score (nSPS) is 11.3. The number of aromatic nitrogens is 1. The Balaban J connectivity index is 2.17. The van der Waals surface area contributed by atoms with E-state index in [1.807, 2.05) is 12.1 Å². The van der Waals surface area contributed by atoms with Crippen molar-refractivity contribution in [2.75, 3.05) is 19.0 Å². The molecule has 8 nitrogen and oxygen atoms in total. The molecular formula is C21H16N3O5-. The lowest BCUT2D eigenvalue weighted by Crippen LogP contribution is -2.32. The molecule has 0 saturated carbocycles. The summed E-state index contributed by atoms with van der Waals surface area (Å²) in [6.07, 6.45) is 1.27. The second-order valence-electron chi connectivity index (χ2n) is 6.46. The van der Waals surface area contributed by atoms with Gasteiger partial charge in [-0.3, -0.25) is 14.9 Å². The second-order valence-corrected chi connectivity index (χ2v) is 6.46. The lowest BCUT2D eigenvalue weighted by Gasteiger charge is -2.13. The number of aliphatic carboxylic acids is 1. The summed E-state index contributed by atoms with van der Waals surface area (Å²) in [5, 5.41) is 23.5. The minimum Gasteiger partial charge on any atom is -0.541 e. The largest absolute Gasteiger partial charge is 0.541 e. The number of hydrogen-bond donors (Lipinski definition) is 0. The predicted molar refractivity (Wildman–Crippen MR) is 107 cm³/mol. The summed E-state index contributed by atoms with van der Waals surface area (Å²) in [5.74, 6) is -3.14. The van der Waals surface area contributed by atoms with Crippen molar-refractivity contribution < 1.29 is 19.6 Å². The van der Waals surface area contributed by atoms with Gasteiger partial charge in [-0.2, -0.15) is 0 Å². The third kappa shape index (κ3) is 4.11. The molecule has 0 radical (unpaired) electrons. The number of anilines is 1. The number of Topliss-reactive ketones (excluding diaryl/α,β-unsaturated/α-hetero) is 1. The number of carbonyl (C=O) groups is 2. The lowest BCUT2D eigenvalue weighted by atomic mass is 10.0. The standard InChI is InChI=1S/C21H17N3O5/c1-23(2)18-10-7-13(12-19(18)24(28)29)11-15(20(25)21(26)27)17-9-8-14-5-3-4-6-16(14)22-17/h3-12H,1-2H3,(H,26,27)/p-1/b15-11-. The molecule has 8 heteroatoms. The van der Waals surface area contributed by atoms with Crippen LogP contribution in [0.5, 0.6) is 0 Å². The van der Waals surface area contributed by atoms with Gasteiger partial charge < -0.3 is 14.8 Å². The fraction of sp³-hybridized carbons (Fsp3) is 0.0952. The van der Waals surface area contributed by atoms with E-state index in [0.717, 1.165) is 5.39 Å². The summed E-state index contributed by atoms with van der Waals surface area (Å²) < 4.78 is 0. The number of ketones is 1. The number of carboxylic acids is 1. The first-order valence-corrected chi connectivity index (χ1v) is 8.57. The smallest absolute Gasteiger partial charge is 0.293 e. The molecule has 0 saturated heterocycles. The molecule has 1 heterocycles. The van der Waals surface area contributed by atoms with Crippen molar-refractivity contribution in [1.82, 2.24) is 4.98 Å². The Morgan fingerprint density at radius 1 is 1.07 bits per heavy atom. The van der Waals surface area contributed by atoms with Crippen LogP contribution in [-0.4, -0.2) is 35.8 Å². The fourth-order valence-electron chi connectivity index (χ4n) is 2.90. The maximum absolute atomic E-state index is 12.3. The van der Waals surface area contributed by atoms with Crippen molar-refractivity contribution in [3.63, 3.8) is 0 Å². The van der Waals surface area contributed by atoms with Gasteiger partial charge in [0.1, 0.15) is 11.7 Å². The quantitative estimate of drug-likeness (QED) is 0.274. The van der Waals surface area contributed by atoms with Crippen LogP contribution in [0.1, 0.15) is 11.3 Å². The summed E-state index contributed by atoms with van der Waals surface area (Å²) in [7, 11) is 3.34. The highest BCUT2D eigenvalue weighted by Crippen LogP contribution is 2.30. The molecule has 29 heavy (non-hydrogen) atoms. The van der Waals surface area contributed by atoms with E-state index in [1.54, 1.807) is 43.3 Å². The van der Waals surface area contributed by atoms with E-state index in [0.29, 0.717) is 16.8 Å². The number of benzene rings is 2. The molecule has 0 aliphatic carbocycles. The monoisotopic (exact) mass is 390 g/mol. The van der Waals surface area contributed by atoms with Gasteiger partial charge in [0.05, 0.1) is 21.7 Å². The van der Waals surface area contributed by atoms with E-state index in [1.165, 1.54) is 24.3 Å². The molecule has 1 aromatic heterocycles. The summed E-state index contributed by atoms with van der Waals surface area (Å²) in [6.45, 7) is 0. The van der Waals surface area contributed by atoms with Gasteiger partial charge in [0, 0.05) is 25.5 Å². The molecule has 2 aromatic carbocycles. The lowest BCUT2D eigenvalue weighted by molar-refractivity contribution is -0.384. The average Bonchev–Trinajstić information content (AvgIpc) is 2.70. The van der Waals surface area contributed by atoms with Crippen LogP contribution < -0.4 is 10.0 Å². The van der Waals surface area contributed by atoms with Crippen molar-refractivity contribution in [2.45, 2.75) is 0 Å². The van der Waals surface area contributed by atoms with Crippen LogP contribution >= 0.6 is 0 Å². The number of nitro groups is 1. The van der Waals surface area contributed by atoms with E-state index in [-0.39, 0.29) is 17.0 Å². The topological polar surface area (TPSA) is 116 Å². The molecule has 3 aromatic rings. The third-order valence-corrected chi connectivity index (χ3v) is 4.29. The minimum atomic E-state index is -1.88. The molecule has 0 N–H and O–H groups in total. The summed E-state index contributed by atoms with van der Waals surface area (Å²) in [6, 6.07) is 14.8. The molecule has 0 unspecified atom stereocenters. The Morgan fingerprint density at radius 3 is 2.45 bits per heavy atom. The first kappa shape index (κ1) is 19.7. The summed E-state index contributed by atoms with van der Waals surface area (Å²) in [4.78, 5) is 40.3. The molecule has 0 aliphatic heterocycles. The molecule has 0 aliphatic rings. The van der Waals surface area contributed by atoms with Crippen molar-refractivity contribution in [1.29, 1.82) is 0 Å². The number of fused-ring (bicyclic) bond motifs is 1. The Labute approximate surface area is 165 Å². The molecule has 0 bridgehead atoms. The van der Waals surface area contributed by atoms with Crippen molar-refractivity contribution >= 4 is 45.7 Å². The summed E-state index contributed by atoms with van der Waals surface area (Å²) in [5.41, 5.74) is 0.997. The Morgan fingerprint density at radius 2 is 1.79 bits per heavy atom. The Kier molecular flexibility index (Phi) is 5.36. The van der Waals surface area contributed by atoms with Gasteiger partial charge in [0.2, 0.25) is 5.78 Å². The van der Waals surface area contributed by atoms with Crippen molar-refractivity contribution in [2.24, 2.45) is 0 Å². The maximum atomic E-state index is 12.3. The van der Waals surface area contributed by atoms with Crippen LogP contribution in [0, 0.1) is 10.1 Å². The van der Waals surface area contributed by atoms with Crippen molar-refractivity contribution in [3.8, 4) is 0 Å². The van der Waals surface area contributed by atoms with Crippen LogP contribution in [0.15, 0.2) is 54.6 Å². The zero-order valence-electron chi connectivity index (χ0n) is 15.7. The van der Waals surface area contributed by atoms with Crippen LogP contribution in [-0.2, 0) is 9.59 Å². The van der Waals surface area contributed by atoms with Gasteiger partial charge in [-0.1, -0.05) is 30.3 Å². The number of rotatable bonds is 6. The fourth-order valence-corrected chi connectivity index (χ4v) is 2.90. The highest BCUT2D eigenvalue weighted by Gasteiger charge is 2.19. The van der Waals surface area contributed by atoms with Gasteiger partial charge in [-0.25, -0.2) is 4.98 Å².